The number of hydrogen-bond acceptors (Lipinski definition) is 2. The average Bonchev–Trinajstić information content (AvgIpc) is 2.39. The molecule has 0 bridgehead atoms. The lowest BCUT2D eigenvalue weighted by atomic mass is 10.1. The van der Waals surface area contributed by atoms with E-state index in [0.717, 1.165) is 4.90 Å². The molecule has 0 saturated heterocycles. The zero-order chi connectivity index (χ0) is 14.7. The highest BCUT2D eigenvalue weighted by molar-refractivity contribution is 7.98. The number of aryl methyl sites for hydroxylation is 1. The Morgan fingerprint density at radius 2 is 2.05 bits per heavy atom. The van der Waals surface area contributed by atoms with Crippen LogP contribution in [0.25, 0.3) is 0 Å². The van der Waals surface area contributed by atoms with Gasteiger partial charge in [0.05, 0.1) is 5.56 Å². The van der Waals surface area contributed by atoms with Gasteiger partial charge in [-0.15, -0.1) is 11.8 Å². The van der Waals surface area contributed by atoms with Gasteiger partial charge in [0.1, 0.15) is 5.82 Å². The first kappa shape index (κ1) is 14.9. The molecule has 0 radical (unpaired) electrons. The van der Waals surface area contributed by atoms with Crippen molar-refractivity contribution in [2.24, 2.45) is 0 Å². The van der Waals surface area contributed by atoms with Crippen molar-refractivity contribution in [2.75, 3.05) is 0 Å². The highest BCUT2D eigenvalue weighted by Gasteiger charge is 2.09. The van der Waals surface area contributed by atoms with Gasteiger partial charge in [0.25, 0.3) is 0 Å². The van der Waals surface area contributed by atoms with E-state index < -0.39 is 5.97 Å². The summed E-state index contributed by atoms with van der Waals surface area (Å²) in [5, 5.41) is 9.43. The second kappa shape index (κ2) is 6.29. The van der Waals surface area contributed by atoms with E-state index in [4.69, 9.17) is 16.7 Å². The SMILES string of the molecule is Cc1ccc(SCc2ccc(Cl)cc2F)cc1C(=O)O. The molecule has 0 aliphatic heterocycles. The number of halogens is 2. The summed E-state index contributed by atoms with van der Waals surface area (Å²) in [6, 6.07) is 9.74. The molecule has 0 aromatic heterocycles. The highest BCUT2D eigenvalue weighted by atomic mass is 35.5. The molecule has 0 amide bonds. The van der Waals surface area contributed by atoms with Crippen molar-refractivity contribution in [3.63, 3.8) is 0 Å². The Labute approximate surface area is 125 Å². The fourth-order valence-electron chi connectivity index (χ4n) is 1.72. The molecular formula is C15H12ClFO2S. The molecule has 2 aromatic carbocycles. The lowest BCUT2D eigenvalue weighted by molar-refractivity contribution is 0.0696. The minimum absolute atomic E-state index is 0.270. The number of thioether (sulfide) groups is 1. The lowest BCUT2D eigenvalue weighted by Gasteiger charge is -2.06. The second-order valence-corrected chi connectivity index (χ2v) is 5.79. The van der Waals surface area contributed by atoms with Crippen LogP contribution in [0.1, 0.15) is 21.5 Å². The summed E-state index contributed by atoms with van der Waals surface area (Å²) in [5.74, 6) is -0.885. The molecule has 20 heavy (non-hydrogen) atoms. The van der Waals surface area contributed by atoms with Crippen LogP contribution in [0.2, 0.25) is 5.02 Å². The topological polar surface area (TPSA) is 37.3 Å². The summed E-state index contributed by atoms with van der Waals surface area (Å²) in [5.41, 5.74) is 1.52. The Hall–Kier alpha value is -1.52. The fraction of sp³-hybridized carbons (Fsp3) is 0.133. The maximum Gasteiger partial charge on any atom is 0.335 e. The molecule has 104 valence electrons. The summed E-state index contributed by atoms with van der Waals surface area (Å²) >= 11 is 7.08. The molecule has 0 atom stereocenters. The first-order chi connectivity index (χ1) is 9.47. The number of hydrogen-bond donors (Lipinski definition) is 1. The molecule has 0 spiro atoms. The van der Waals surface area contributed by atoms with Crippen molar-refractivity contribution in [3.05, 3.63) is 63.9 Å². The van der Waals surface area contributed by atoms with Gasteiger partial charge in [-0.2, -0.15) is 0 Å². The first-order valence-electron chi connectivity index (χ1n) is 5.88. The molecule has 2 aromatic rings. The fourth-order valence-corrected chi connectivity index (χ4v) is 2.80. The Kier molecular flexibility index (Phi) is 4.68. The van der Waals surface area contributed by atoms with Crippen molar-refractivity contribution in [1.82, 2.24) is 0 Å². The van der Waals surface area contributed by atoms with Gasteiger partial charge in [-0.1, -0.05) is 23.7 Å². The first-order valence-corrected chi connectivity index (χ1v) is 7.24. The van der Waals surface area contributed by atoms with Crippen LogP contribution < -0.4 is 0 Å². The third-order valence-electron chi connectivity index (χ3n) is 2.85. The molecular weight excluding hydrogens is 299 g/mol. The van der Waals surface area contributed by atoms with E-state index in [1.54, 1.807) is 31.2 Å². The van der Waals surface area contributed by atoms with Gasteiger partial charge < -0.3 is 5.11 Å². The number of aromatic carboxylic acids is 1. The standard InChI is InChI=1S/C15H12ClFO2S/c1-9-2-5-12(7-13(9)15(18)19)20-8-10-3-4-11(16)6-14(10)17/h2-7H,8H2,1H3,(H,18,19). The number of benzene rings is 2. The lowest BCUT2D eigenvalue weighted by Crippen LogP contribution is -1.99. The van der Waals surface area contributed by atoms with Gasteiger partial charge in [-0.3, -0.25) is 0 Å². The molecule has 2 rings (SSSR count). The van der Waals surface area contributed by atoms with Crippen molar-refractivity contribution in [2.45, 2.75) is 17.6 Å². The van der Waals surface area contributed by atoms with E-state index in [1.165, 1.54) is 17.8 Å². The Bertz CT molecular complexity index is 658. The van der Waals surface area contributed by atoms with Crippen LogP contribution in [-0.2, 0) is 5.75 Å². The van der Waals surface area contributed by atoms with E-state index in [1.807, 2.05) is 6.07 Å². The van der Waals surface area contributed by atoms with Gasteiger partial charge in [0.15, 0.2) is 0 Å². The zero-order valence-corrected chi connectivity index (χ0v) is 12.3. The molecule has 0 heterocycles. The molecule has 0 fully saturated rings. The average molecular weight is 311 g/mol. The monoisotopic (exact) mass is 310 g/mol. The maximum absolute atomic E-state index is 13.6. The van der Waals surface area contributed by atoms with Gasteiger partial charge in [0, 0.05) is 15.7 Å². The van der Waals surface area contributed by atoms with Gasteiger partial charge in [0.2, 0.25) is 0 Å². The maximum atomic E-state index is 13.6. The number of rotatable bonds is 4. The molecule has 0 aliphatic rings. The van der Waals surface area contributed by atoms with Crippen molar-refractivity contribution in [3.8, 4) is 0 Å². The van der Waals surface area contributed by atoms with E-state index in [0.29, 0.717) is 21.9 Å². The third-order valence-corrected chi connectivity index (χ3v) is 4.13. The number of carboxylic acid groups (broad SMARTS) is 1. The largest absolute Gasteiger partial charge is 0.478 e. The minimum Gasteiger partial charge on any atom is -0.478 e. The van der Waals surface area contributed by atoms with Crippen LogP contribution in [0.15, 0.2) is 41.3 Å². The molecule has 2 nitrogen and oxygen atoms in total. The van der Waals surface area contributed by atoms with Crippen LogP contribution >= 0.6 is 23.4 Å². The number of carboxylic acids is 1. The van der Waals surface area contributed by atoms with Crippen LogP contribution in [0.5, 0.6) is 0 Å². The quantitative estimate of drug-likeness (QED) is 0.826. The third kappa shape index (κ3) is 3.52. The summed E-state index contributed by atoms with van der Waals surface area (Å²) in [7, 11) is 0. The zero-order valence-electron chi connectivity index (χ0n) is 10.7. The smallest absolute Gasteiger partial charge is 0.335 e. The van der Waals surface area contributed by atoms with Crippen LogP contribution in [0.4, 0.5) is 4.39 Å². The summed E-state index contributed by atoms with van der Waals surface area (Å²) in [4.78, 5) is 11.8. The molecule has 0 saturated carbocycles. The van der Waals surface area contributed by atoms with E-state index >= 15 is 0 Å². The van der Waals surface area contributed by atoms with E-state index in [9.17, 15) is 9.18 Å². The molecule has 1 N–H and O–H groups in total. The Morgan fingerprint density at radius 1 is 1.30 bits per heavy atom. The molecule has 0 unspecified atom stereocenters. The number of carbonyl (C=O) groups is 1. The van der Waals surface area contributed by atoms with Crippen molar-refractivity contribution >= 4 is 29.3 Å². The van der Waals surface area contributed by atoms with Crippen molar-refractivity contribution < 1.29 is 14.3 Å². The van der Waals surface area contributed by atoms with Gasteiger partial charge in [-0.05, 0) is 42.3 Å². The summed E-state index contributed by atoms with van der Waals surface area (Å²) in [6.45, 7) is 1.75. The van der Waals surface area contributed by atoms with Crippen molar-refractivity contribution in [1.29, 1.82) is 0 Å². The molecule has 5 heteroatoms. The van der Waals surface area contributed by atoms with Crippen LogP contribution in [0.3, 0.4) is 0 Å². The van der Waals surface area contributed by atoms with E-state index in [-0.39, 0.29) is 11.4 Å². The van der Waals surface area contributed by atoms with Crippen LogP contribution in [0, 0.1) is 12.7 Å². The predicted octanol–water partition coefficient (Wildman–Crippen LogP) is 4.78. The predicted molar refractivity (Wildman–Crippen MR) is 79.1 cm³/mol. The Balaban J connectivity index is 2.15. The van der Waals surface area contributed by atoms with Gasteiger partial charge in [-0.25, -0.2) is 9.18 Å². The Morgan fingerprint density at radius 3 is 2.70 bits per heavy atom. The summed E-state index contributed by atoms with van der Waals surface area (Å²) < 4.78 is 13.6. The minimum atomic E-state index is -0.956. The normalized spacial score (nSPS) is 10.6. The highest BCUT2D eigenvalue weighted by Crippen LogP contribution is 2.27. The van der Waals surface area contributed by atoms with Crippen LogP contribution in [-0.4, -0.2) is 11.1 Å². The van der Waals surface area contributed by atoms with Gasteiger partial charge >= 0.3 is 5.97 Å². The van der Waals surface area contributed by atoms with E-state index in [2.05, 4.69) is 0 Å². The molecule has 0 aliphatic carbocycles. The summed E-state index contributed by atoms with van der Waals surface area (Å²) in [6.07, 6.45) is 0. The second-order valence-electron chi connectivity index (χ2n) is 4.31.